The number of anilines is 1. The van der Waals surface area contributed by atoms with Gasteiger partial charge in [0.25, 0.3) is 0 Å². The molecule has 86 valence electrons. The number of hydrogen-bond donors (Lipinski definition) is 1. The zero-order chi connectivity index (χ0) is 12.1. The van der Waals surface area contributed by atoms with E-state index in [4.69, 9.17) is 5.73 Å². The lowest BCUT2D eigenvalue weighted by Gasteiger charge is -2.02. The zero-order valence-electron chi connectivity index (χ0n) is 9.60. The van der Waals surface area contributed by atoms with Crippen molar-refractivity contribution in [2.24, 2.45) is 0 Å². The van der Waals surface area contributed by atoms with Crippen LogP contribution in [-0.2, 0) is 17.6 Å². The summed E-state index contributed by atoms with van der Waals surface area (Å²) < 4.78 is 0. The third-order valence-corrected chi connectivity index (χ3v) is 2.60. The van der Waals surface area contributed by atoms with Crippen LogP contribution < -0.4 is 5.73 Å². The molecule has 0 unspecified atom stereocenters. The number of nitrogen functional groups attached to an aromatic ring is 1. The Hall–Kier alpha value is -2.09. The van der Waals surface area contributed by atoms with Gasteiger partial charge in [0.15, 0.2) is 0 Å². The Kier molecular flexibility index (Phi) is 3.55. The van der Waals surface area contributed by atoms with Crippen molar-refractivity contribution < 1.29 is 4.79 Å². The molecular weight excluding hydrogens is 210 g/mol. The molecule has 2 aromatic carbocycles. The highest BCUT2D eigenvalue weighted by Crippen LogP contribution is 2.09. The van der Waals surface area contributed by atoms with E-state index in [-0.39, 0.29) is 5.78 Å². The maximum atomic E-state index is 11.9. The molecular formula is C15H15NO. The minimum Gasteiger partial charge on any atom is -0.399 e. The molecule has 0 radical (unpaired) electrons. The summed E-state index contributed by atoms with van der Waals surface area (Å²) >= 11 is 0. The summed E-state index contributed by atoms with van der Waals surface area (Å²) in [4.78, 5) is 11.9. The van der Waals surface area contributed by atoms with Gasteiger partial charge in [0.05, 0.1) is 0 Å². The average molecular weight is 225 g/mol. The first-order valence-corrected chi connectivity index (χ1v) is 5.64. The number of ketones is 1. The monoisotopic (exact) mass is 225 g/mol. The number of Topliss-reactive ketones (excluding diaryl/α,β-unsaturated/α-hetero) is 1. The molecule has 0 aliphatic rings. The summed E-state index contributed by atoms with van der Waals surface area (Å²) in [5.74, 6) is 0.210. The highest BCUT2D eigenvalue weighted by Gasteiger charge is 2.05. The SMILES string of the molecule is Nc1cccc(CC(=O)Cc2ccccc2)c1. The summed E-state index contributed by atoms with van der Waals surface area (Å²) in [6.45, 7) is 0. The van der Waals surface area contributed by atoms with Crippen LogP contribution in [0.5, 0.6) is 0 Å². The van der Waals surface area contributed by atoms with Gasteiger partial charge in [-0.25, -0.2) is 0 Å². The van der Waals surface area contributed by atoms with Gasteiger partial charge in [-0.05, 0) is 23.3 Å². The van der Waals surface area contributed by atoms with Crippen LogP contribution >= 0.6 is 0 Å². The Morgan fingerprint density at radius 1 is 0.882 bits per heavy atom. The minimum atomic E-state index is 0.210. The molecule has 0 aromatic heterocycles. The van der Waals surface area contributed by atoms with E-state index in [1.165, 1.54) is 0 Å². The molecule has 2 aromatic rings. The van der Waals surface area contributed by atoms with Crippen LogP contribution in [-0.4, -0.2) is 5.78 Å². The molecule has 2 heteroatoms. The molecule has 2 nitrogen and oxygen atoms in total. The van der Waals surface area contributed by atoms with E-state index in [0.29, 0.717) is 18.5 Å². The topological polar surface area (TPSA) is 43.1 Å². The second-order valence-corrected chi connectivity index (χ2v) is 4.12. The van der Waals surface area contributed by atoms with Crippen LogP contribution in [0, 0.1) is 0 Å². The highest BCUT2D eigenvalue weighted by molar-refractivity contribution is 5.83. The van der Waals surface area contributed by atoms with E-state index in [1.807, 2.05) is 54.6 Å². The van der Waals surface area contributed by atoms with Crippen LogP contribution in [0.2, 0.25) is 0 Å². The summed E-state index contributed by atoms with van der Waals surface area (Å²) in [6.07, 6.45) is 0.926. The Labute approximate surface area is 101 Å². The van der Waals surface area contributed by atoms with Crippen molar-refractivity contribution in [2.75, 3.05) is 5.73 Å². The minimum absolute atomic E-state index is 0.210. The highest BCUT2D eigenvalue weighted by atomic mass is 16.1. The lowest BCUT2D eigenvalue weighted by Crippen LogP contribution is -2.06. The largest absolute Gasteiger partial charge is 0.399 e. The predicted octanol–water partition coefficient (Wildman–Crippen LogP) is 2.62. The summed E-state index contributed by atoms with van der Waals surface area (Å²) in [6, 6.07) is 17.3. The summed E-state index contributed by atoms with van der Waals surface area (Å²) in [5, 5.41) is 0. The standard InChI is InChI=1S/C15H15NO/c16-14-8-4-7-13(9-14)11-15(17)10-12-5-2-1-3-6-12/h1-9H,10-11,16H2. The summed E-state index contributed by atoms with van der Waals surface area (Å²) in [5.41, 5.74) is 8.41. The maximum Gasteiger partial charge on any atom is 0.141 e. The third-order valence-electron chi connectivity index (χ3n) is 2.60. The Balaban J connectivity index is 1.98. The fraction of sp³-hybridized carbons (Fsp3) is 0.133. The van der Waals surface area contributed by atoms with Crippen molar-refractivity contribution in [1.29, 1.82) is 0 Å². The van der Waals surface area contributed by atoms with Crippen molar-refractivity contribution in [3.8, 4) is 0 Å². The van der Waals surface area contributed by atoms with Crippen LogP contribution in [0.15, 0.2) is 54.6 Å². The van der Waals surface area contributed by atoms with Gasteiger partial charge >= 0.3 is 0 Å². The molecule has 0 heterocycles. The Morgan fingerprint density at radius 3 is 2.24 bits per heavy atom. The van der Waals surface area contributed by atoms with Crippen LogP contribution in [0.4, 0.5) is 5.69 Å². The number of carbonyl (C=O) groups excluding carboxylic acids is 1. The molecule has 2 N–H and O–H groups in total. The van der Waals surface area contributed by atoms with Gasteiger partial charge in [-0.15, -0.1) is 0 Å². The van der Waals surface area contributed by atoms with Gasteiger partial charge in [-0.3, -0.25) is 4.79 Å². The average Bonchev–Trinajstić information content (AvgIpc) is 2.30. The second kappa shape index (κ2) is 5.30. The van der Waals surface area contributed by atoms with E-state index in [0.717, 1.165) is 11.1 Å². The molecule has 0 spiro atoms. The lowest BCUT2D eigenvalue weighted by atomic mass is 10.0. The maximum absolute atomic E-state index is 11.9. The van der Waals surface area contributed by atoms with Gasteiger partial charge in [0.2, 0.25) is 0 Å². The molecule has 17 heavy (non-hydrogen) atoms. The first-order chi connectivity index (χ1) is 8.24. The molecule has 0 atom stereocenters. The number of nitrogens with two attached hydrogens (primary N) is 1. The van der Waals surface area contributed by atoms with Crippen molar-refractivity contribution in [1.82, 2.24) is 0 Å². The van der Waals surface area contributed by atoms with Crippen LogP contribution in [0.3, 0.4) is 0 Å². The number of rotatable bonds is 4. The van der Waals surface area contributed by atoms with E-state index in [2.05, 4.69) is 0 Å². The van der Waals surface area contributed by atoms with Crippen molar-refractivity contribution in [3.63, 3.8) is 0 Å². The fourth-order valence-electron chi connectivity index (χ4n) is 1.82. The molecule has 0 fully saturated rings. The fourth-order valence-corrected chi connectivity index (χ4v) is 1.82. The molecule has 0 saturated heterocycles. The van der Waals surface area contributed by atoms with Crippen molar-refractivity contribution in [3.05, 3.63) is 65.7 Å². The van der Waals surface area contributed by atoms with E-state index < -0.39 is 0 Å². The molecule has 0 saturated carbocycles. The first-order valence-electron chi connectivity index (χ1n) is 5.64. The molecule has 0 aliphatic carbocycles. The first kappa shape index (κ1) is 11.4. The van der Waals surface area contributed by atoms with Gasteiger partial charge in [0.1, 0.15) is 5.78 Å². The second-order valence-electron chi connectivity index (χ2n) is 4.12. The molecule has 0 aliphatic heterocycles. The summed E-state index contributed by atoms with van der Waals surface area (Å²) in [7, 11) is 0. The molecule has 2 rings (SSSR count). The van der Waals surface area contributed by atoms with E-state index in [9.17, 15) is 4.79 Å². The van der Waals surface area contributed by atoms with E-state index >= 15 is 0 Å². The van der Waals surface area contributed by atoms with Crippen LogP contribution in [0.25, 0.3) is 0 Å². The Bertz CT molecular complexity index is 505. The number of hydrogen-bond acceptors (Lipinski definition) is 2. The predicted molar refractivity (Wildman–Crippen MR) is 69.7 cm³/mol. The van der Waals surface area contributed by atoms with E-state index in [1.54, 1.807) is 0 Å². The third kappa shape index (κ3) is 3.45. The lowest BCUT2D eigenvalue weighted by molar-refractivity contribution is -0.117. The van der Waals surface area contributed by atoms with Crippen molar-refractivity contribution in [2.45, 2.75) is 12.8 Å². The zero-order valence-corrected chi connectivity index (χ0v) is 9.60. The van der Waals surface area contributed by atoms with Gasteiger partial charge in [0, 0.05) is 18.5 Å². The van der Waals surface area contributed by atoms with Crippen molar-refractivity contribution >= 4 is 11.5 Å². The molecule has 0 bridgehead atoms. The van der Waals surface area contributed by atoms with Gasteiger partial charge in [-0.2, -0.15) is 0 Å². The normalized spacial score (nSPS) is 10.1. The van der Waals surface area contributed by atoms with Gasteiger partial charge in [-0.1, -0.05) is 42.5 Å². The number of benzene rings is 2. The molecule has 0 amide bonds. The smallest absolute Gasteiger partial charge is 0.141 e. The van der Waals surface area contributed by atoms with Crippen LogP contribution in [0.1, 0.15) is 11.1 Å². The number of carbonyl (C=O) groups is 1. The quantitative estimate of drug-likeness (QED) is 0.813. The Morgan fingerprint density at radius 2 is 1.53 bits per heavy atom. The van der Waals surface area contributed by atoms with Gasteiger partial charge < -0.3 is 5.73 Å².